The summed E-state index contributed by atoms with van der Waals surface area (Å²) in [6.45, 7) is 7.79. The highest BCUT2D eigenvalue weighted by molar-refractivity contribution is 4.59. The van der Waals surface area contributed by atoms with Crippen LogP contribution in [0.1, 0.15) is 32.6 Å². The number of nitrogens with one attached hydrogen (secondary N) is 1. The monoisotopic (exact) mass is 201 g/mol. The highest BCUT2D eigenvalue weighted by atomic mass is 15.1. The van der Waals surface area contributed by atoms with Crippen LogP contribution in [0, 0.1) is 0 Å². The van der Waals surface area contributed by atoms with E-state index in [0.717, 1.165) is 19.5 Å². The van der Waals surface area contributed by atoms with Crippen LogP contribution in [0.5, 0.6) is 0 Å². The topological polar surface area (TPSA) is 41.3 Å². The largest absolute Gasteiger partial charge is 0.330 e. The molecule has 0 aliphatic heterocycles. The van der Waals surface area contributed by atoms with Gasteiger partial charge >= 0.3 is 0 Å². The Morgan fingerprint density at radius 1 is 1.07 bits per heavy atom. The Labute approximate surface area is 89.0 Å². The molecule has 0 atom stereocenters. The molecule has 0 saturated carbocycles. The van der Waals surface area contributed by atoms with Crippen molar-refractivity contribution < 1.29 is 0 Å². The third-order valence-corrected chi connectivity index (χ3v) is 2.41. The molecule has 0 radical (unpaired) electrons. The van der Waals surface area contributed by atoms with Crippen molar-refractivity contribution in [2.24, 2.45) is 5.73 Å². The van der Waals surface area contributed by atoms with Crippen molar-refractivity contribution >= 4 is 0 Å². The molecular weight excluding hydrogens is 174 g/mol. The van der Waals surface area contributed by atoms with Gasteiger partial charge in [0.15, 0.2) is 0 Å². The fraction of sp³-hybridized carbons (Fsp3) is 1.00. The summed E-state index contributed by atoms with van der Waals surface area (Å²) in [6, 6.07) is 0. The zero-order valence-corrected chi connectivity index (χ0v) is 9.89. The first-order valence-corrected chi connectivity index (χ1v) is 5.92. The van der Waals surface area contributed by atoms with E-state index in [2.05, 4.69) is 17.1 Å². The highest BCUT2D eigenvalue weighted by Crippen LogP contribution is 1.97. The fourth-order valence-corrected chi connectivity index (χ4v) is 1.51. The smallest absolute Gasteiger partial charge is 0.000663 e. The van der Waals surface area contributed by atoms with Gasteiger partial charge in [-0.25, -0.2) is 0 Å². The Hall–Kier alpha value is -0.120. The zero-order valence-electron chi connectivity index (χ0n) is 9.89. The molecule has 3 nitrogen and oxygen atoms in total. The molecule has 0 amide bonds. The molecule has 0 spiro atoms. The quantitative estimate of drug-likeness (QED) is 0.519. The second kappa shape index (κ2) is 11.0. The molecule has 0 bridgehead atoms. The van der Waals surface area contributed by atoms with Crippen molar-refractivity contribution in [1.29, 1.82) is 0 Å². The van der Waals surface area contributed by atoms with Gasteiger partial charge in [0.2, 0.25) is 0 Å². The fourth-order valence-electron chi connectivity index (χ4n) is 1.51. The van der Waals surface area contributed by atoms with Gasteiger partial charge in [0.25, 0.3) is 0 Å². The third kappa shape index (κ3) is 8.48. The van der Waals surface area contributed by atoms with Crippen LogP contribution in [0.4, 0.5) is 0 Å². The summed E-state index contributed by atoms with van der Waals surface area (Å²) in [7, 11) is 2.01. The van der Waals surface area contributed by atoms with Gasteiger partial charge in [-0.2, -0.15) is 0 Å². The Kier molecular flexibility index (Phi) is 10.9. The summed E-state index contributed by atoms with van der Waals surface area (Å²) in [4.78, 5) is 2.54. The number of hydrogen-bond donors (Lipinski definition) is 2. The van der Waals surface area contributed by atoms with Gasteiger partial charge in [0.1, 0.15) is 0 Å². The van der Waals surface area contributed by atoms with E-state index in [0.29, 0.717) is 0 Å². The average molecular weight is 201 g/mol. The van der Waals surface area contributed by atoms with E-state index in [1.807, 2.05) is 7.05 Å². The Balaban J connectivity index is 3.49. The minimum atomic E-state index is 0.814. The lowest BCUT2D eigenvalue weighted by Gasteiger charge is -2.21. The van der Waals surface area contributed by atoms with Crippen molar-refractivity contribution in [2.75, 3.05) is 39.8 Å². The predicted octanol–water partition coefficient (Wildman–Crippen LogP) is 1.05. The van der Waals surface area contributed by atoms with Crippen LogP contribution in [-0.4, -0.2) is 44.7 Å². The summed E-state index contributed by atoms with van der Waals surface area (Å²) in [6.07, 6.45) is 4.96. The van der Waals surface area contributed by atoms with E-state index < -0.39 is 0 Å². The van der Waals surface area contributed by atoms with Gasteiger partial charge in [-0.1, -0.05) is 13.3 Å². The van der Waals surface area contributed by atoms with Gasteiger partial charge in [-0.15, -0.1) is 0 Å². The van der Waals surface area contributed by atoms with Crippen LogP contribution in [0.3, 0.4) is 0 Å². The first-order chi connectivity index (χ1) is 6.85. The molecule has 0 heterocycles. The van der Waals surface area contributed by atoms with Crippen molar-refractivity contribution in [2.45, 2.75) is 32.6 Å². The average Bonchev–Trinajstić information content (AvgIpc) is 2.21. The normalized spacial score (nSPS) is 11.1. The van der Waals surface area contributed by atoms with Gasteiger partial charge in [-0.3, -0.25) is 0 Å². The summed E-state index contributed by atoms with van der Waals surface area (Å²) in [5.74, 6) is 0. The van der Waals surface area contributed by atoms with E-state index in [4.69, 9.17) is 5.73 Å². The third-order valence-electron chi connectivity index (χ3n) is 2.41. The first kappa shape index (κ1) is 13.9. The lowest BCUT2D eigenvalue weighted by molar-refractivity contribution is 0.264. The van der Waals surface area contributed by atoms with Crippen molar-refractivity contribution in [3.05, 3.63) is 0 Å². The molecule has 0 aromatic rings. The number of nitrogens with zero attached hydrogens (tertiary/aromatic N) is 1. The SMILES string of the molecule is CCCCN(CCCN)CCCNC. The molecule has 0 aromatic heterocycles. The van der Waals surface area contributed by atoms with Crippen LogP contribution in [0.25, 0.3) is 0 Å². The second-order valence-electron chi connectivity index (χ2n) is 3.79. The van der Waals surface area contributed by atoms with E-state index in [9.17, 15) is 0 Å². The van der Waals surface area contributed by atoms with E-state index in [1.165, 1.54) is 38.9 Å². The van der Waals surface area contributed by atoms with Crippen LogP contribution >= 0.6 is 0 Å². The summed E-state index contributed by atoms with van der Waals surface area (Å²) in [5, 5.41) is 3.18. The maximum atomic E-state index is 5.52. The second-order valence-corrected chi connectivity index (χ2v) is 3.79. The van der Waals surface area contributed by atoms with Crippen molar-refractivity contribution in [3.8, 4) is 0 Å². The summed E-state index contributed by atoms with van der Waals surface area (Å²) >= 11 is 0. The summed E-state index contributed by atoms with van der Waals surface area (Å²) < 4.78 is 0. The highest BCUT2D eigenvalue weighted by Gasteiger charge is 2.02. The van der Waals surface area contributed by atoms with Gasteiger partial charge in [0, 0.05) is 0 Å². The molecule has 0 saturated heterocycles. The lowest BCUT2D eigenvalue weighted by atomic mass is 10.2. The molecule has 0 aliphatic rings. The standard InChI is InChI=1S/C11H27N3/c1-3-4-9-14(10-5-7-12)11-6-8-13-2/h13H,3-12H2,1-2H3. The molecule has 3 heteroatoms. The van der Waals surface area contributed by atoms with Crippen LogP contribution < -0.4 is 11.1 Å². The Bertz CT molecular complexity index is 98.7. The zero-order chi connectivity index (χ0) is 10.6. The predicted molar refractivity (Wildman–Crippen MR) is 63.6 cm³/mol. The maximum absolute atomic E-state index is 5.52. The van der Waals surface area contributed by atoms with E-state index in [-0.39, 0.29) is 0 Å². The Morgan fingerprint density at radius 3 is 2.29 bits per heavy atom. The van der Waals surface area contributed by atoms with Gasteiger partial charge < -0.3 is 16.0 Å². The molecule has 14 heavy (non-hydrogen) atoms. The minimum absolute atomic E-state index is 0.814. The molecule has 3 N–H and O–H groups in total. The van der Waals surface area contributed by atoms with Crippen molar-refractivity contribution in [3.63, 3.8) is 0 Å². The number of nitrogens with two attached hydrogens (primary N) is 1. The van der Waals surface area contributed by atoms with Crippen molar-refractivity contribution in [1.82, 2.24) is 10.2 Å². The number of rotatable bonds is 10. The molecule has 0 aromatic carbocycles. The molecule has 86 valence electrons. The molecule has 0 aliphatic carbocycles. The number of hydrogen-bond acceptors (Lipinski definition) is 3. The maximum Gasteiger partial charge on any atom is -0.000663 e. The van der Waals surface area contributed by atoms with Crippen LogP contribution in [0.2, 0.25) is 0 Å². The van der Waals surface area contributed by atoms with Gasteiger partial charge in [-0.05, 0) is 59.0 Å². The van der Waals surface area contributed by atoms with E-state index in [1.54, 1.807) is 0 Å². The van der Waals surface area contributed by atoms with Crippen LogP contribution in [-0.2, 0) is 0 Å². The molecule has 0 fully saturated rings. The summed E-state index contributed by atoms with van der Waals surface area (Å²) in [5.41, 5.74) is 5.52. The molecule has 0 rings (SSSR count). The minimum Gasteiger partial charge on any atom is -0.330 e. The van der Waals surface area contributed by atoms with E-state index >= 15 is 0 Å². The molecule has 0 unspecified atom stereocenters. The van der Waals surface area contributed by atoms with Gasteiger partial charge in [0.05, 0.1) is 0 Å². The Morgan fingerprint density at radius 2 is 1.71 bits per heavy atom. The molecular formula is C11H27N3. The first-order valence-electron chi connectivity index (χ1n) is 5.92. The number of unbranched alkanes of at least 4 members (excludes halogenated alkanes) is 1. The lowest BCUT2D eigenvalue weighted by Crippen LogP contribution is -2.30. The van der Waals surface area contributed by atoms with Crippen LogP contribution in [0.15, 0.2) is 0 Å².